The van der Waals surface area contributed by atoms with Crippen LogP contribution in [0.25, 0.3) is 0 Å². The van der Waals surface area contributed by atoms with Crippen LogP contribution in [-0.4, -0.2) is 43.0 Å². The summed E-state index contributed by atoms with van der Waals surface area (Å²) in [6.07, 6.45) is 3.47. The quantitative estimate of drug-likeness (QED) is 0.750. The van der Waals surface area contributed by atoms with E-state index in [0.717, 1.165) is 32.4 Å². The first kappa shape index (κ1) is 18.7. The summed E-state index contributed by atoms with van der Waals surface area (Å²) < 4.78 is 5.23. The molecular weight excluding hydrogens is 352 g/mol. The molecule has 28 heavy (non-hydrogen) atoms. The highest BCUT2D eigenvalue weighted by atomic mass is 16.5. The fourth-order valence-corrected chi connectivity index (χ4v) is 4.34. The van der Waals surface area contributed by atoms with Gasteiger partial charge in [0.2, 0.25) is 5.91 Å². The summed E-state index contributed by atoms with van der Waals surface area (Å²) >= 11 is 0. The minimum atomic E-state index is -0.337. The first-order chi connectivity index (χ1) is 13.7. The number of piperidine rings is 1. The van der Waals surface area contributed by atoms with Crippen molar-refractivity contribution in [3.8, 4) is 5.75 Å². The molecule has 2 amide bonds. The predicted molar refractivity (Wildman–Crippen MR) is 108 cm³/mol. The normalized spacial score (nSPS) is 21.3. The molecule has 0 saturated carbocycles. The molecule has 1 atom stereocenters. The van der Waals surface area contributed by atoms with Crippen LogP contribution in [-0.2, 0) is 16.0 Å². The van der Waals surface area contributed by atoms with E-state index in [1.54, 1.807) is 25.3 Å². The van der Waals surface area contributed by atoms with E-state index in [0.29, 0.717) is 17.4 Å². The molecule has 2 fully saturated rings. The van der Waals surface area contributed by atoms with Gasteiger partial charge in [0, 0.05) is 6.07 Å². The molecule has 2 aliphatic heterocycles. The summed E-state index contributed by atoms with van der Waals surface area (Å²) in [6, 6.07) is 17.4. The zero-order valence-electron chi connectivity index (χ0n) is 16.2. The largest absolute Gasteiger partial charge is 0.497 e. The molecule has 4 rings (SSSR count). The Morgan fingerprint density at radius 3 is 2.46 bits per heavy atom. The van der Waals surface area contributed by atoms with Gasteiger partial charge in [0.05, 0.1) is 25.3 Å². The third-order valence-electron chi connectivity index (χ3n) is 5.89. The van der Waals surface area contributed by atoms with Gasteiger partial charge in [-0.05, 0) is 56.0 Å². The van der Waals surface area contributed by atoms with Crippen molar-refractivity contribution in [2.24, 2.45) is 5.92 Å². The van der Waals surface area contributed by atoms with Gasteiger partial charge in [-0.2, -0.15) is 0 Å². The van der Waals surface area contributed by atoms with E-state index in [9.17, 15) is 9.59 Å². The standard InChI is InChI=1S/C23H26N2O3/c1-28-20-9-5-8-19(15-20)25-22(26)16-21(23(25)27)24-12-10-18(11-13-24)14-17-6-3-2-4-7-17/h2-9,15,18,21H,10-14,16H2,1H3/t21-/m0/s1. The van der Waals surface area contributed by atoms with Crippen LogP contribution >= 0.6 is 0 Å². The number of hydrogen-bond acceptors (Lipinski definition) is 4. The Morgan fingerprint density at radius 1 is 1.00 bits per heavy atom. The molecule has 0 spiro atoms. The predicted octanol–water partition coefficient (Wildman–Crippen LogP) is 3.28. The molecule has 5 nitrogen and oxygen atoms in total. The summed E-state index contributed by atoms with van der Waals surface area (Å²) in [5.74, 6) is 1.04. The number of imide groups is 1. The molecule has 5 heteroatoms. The monoisotopic (exact) mass is 378 g/mol. The zero-order chi connectivity index (χ0) is 19.5. The van der Waals surface area contributed by atoms with E-state index in [1.165, 1.54) is 10.5 Å². The molecule has 2 aliphatic rings. The Hall–Kier alpha value is -2.66. The number of rotatable bonds is 5. The second-order valence-corrected chi connectivity index (χ2v) is 7.66. The number of carbonyl (C=O) groups is 2. The molecule has 146 valence electrons. The van der Waals surface area contributed by atoms with Crippen molar-refractivity contribution in [3.63, 3.8) is 0 Å². The molecule has 2 heterocycles. The minimum Gasteiger partial charge on any atom is -0.497 e. The number of ether oxygens (including phenoxy) is 1. The molecule has 0 aromatic heterocycles. The van der Waals surface area contributed by atoms with Crippen molar-refractivity contribution in [1.82, 2.24) is 4.90 Å². The Bertz CT molecular complexity index is 844. The van der Waals surface area contributed by atoms with Gasteiger partial charge in [0.15, 0.2) is 0 Å². The molecule has 0 radical (unpaired) electrons. The molecular formula is C23H26N2O3. The van der Waals surface area contributed by atoms with Crippen LogP contribution < -0.4 is 9.64 Å². The summed E-state index contributed by atoms with van der Waals surface area (Å²) in [5.41, 5.74) is 1.97. The van der Waals surface area contributed by atoms with Crippen LogP contribution in [0.3, 0.4) is 0 Å². The average Bonchev–Trinajstić information content (AvgIpc) is 3.03. The van der Waals surface area contributed by atoms with Crippen LogP contribution in [0.2, 0.25) is 0 Å². The van der Waals surface area contributed by atoms with Gasteiger partial charge in [-0.3, -0.25) is 14.5 Å². The smallest absolute Gasteiger partial charge is 0.251 e. The zero-order valence-corrected chi connectivity index (χ0v) is 16.2. The molecule has 2 aromatic rings. The number of anilines is 1. The second-order valence-electron chi connectivity index (χ2n) is 7.66. The highest BCUT2D eigenvalue weighted by molar-refractivity contribution is 6.22. The van der Waals surface area contributed by atoms with Crippen LogP contribution in [0.4, 0.5) is 5.69 Å². The number of nitrogens with zero attached hydrogens (tertiary/aromatic N) is 2. The van der Waals surface area contributed by atoms with Crippen LogP contribution in [0.5, 0.6) is 5.75 Å². The molecule has 0 N–H and O–H groups in total. The maximum Gasteiger partial charge on any atom is 0.251 e. The first-order valence-corrected chi connectivity index (χ1v) is 9.94. The second kappa shape index (κ2) is 8.15. The molecule has 2 saturated heterocycles. The molecule has 0 bridgehead atoms. The molecule has 2 aromatic carbocycles. The van der Waals surface area contributed by atoms with Crippen molar-refractivity contribution >= 4 is 17.5 Å². The Morgan fingerprint density at radius 2 is 1.75 bits per heavy atom. The van der Waals surface area contributed by atoms with Gasteiger partial charge in [-0.1, -0.05) is 36.4 Å². The topological polar surface area (TPSA) is 49.9 Å². The number of likely N-dealkylation sites (tertiary alicyclic amines) is 1. The number of methoxy groups -OCH3 is 1. The SMILES string of the molecule is COc1cccc(N2C(=O)C[C@H](N3CCC(Cc4ccccc4)CC3)C2=O)c1. The van der Waals surface area contributed by atoms with Gasteiger partial charge >= 0.3 is 0 Å². The number of carbonyl (C=O) groups excluding carboxylic acids is 2. The number of amides is 2. The summed E-state index contributed by atoms with van der Waals surface area (Å²) in [6.45, 7) is 1.74. The van der Waals surface area contributed by atoms with Crippen molar-refractivity contribution in [2.45, 2.75) is 31.7 Å². The van der Waals surface area contributed by atoms with Crippen molar-refractivity contribution in [1.29, 1.82) is 0 Å². The van der Waals surface area contributed by atoms with Crippen LogP contribution in [0, 0.1) is 5.92 Å². The highest BCUT2D eigenvalue weighted by Gasteiger charge is 2.43. The maximum atomic E-state index is 13.0. The lowest BCUT2D eigenvalue weighted by Gasteiger charge is -2.34. The van der Waals surface area contributed by atoms with E-state index in [-0.39, 0.29) is 24.3 Å². The summed E-state index contributed by atoms with van der Waals surface area (Å²) in [5, 5.41) is 0. The minimum absolute atomic E-state index is 0.111. The van der Waals surface area contributed by atoms with Crippen molar-refractivity contribution < 1.29 is 14.3 Å². The third-order valence-corrected chi connectivity index (χ3v) is 5.89. The first-order valence-electron chi connectivity index (χ1n) is 9.94. The Balaban J connectivity index is 1.39. The average molecular weight is 378 g/mol. The van der Waals surface area contributed by atoms with E-state index in [2.05, 4.69) is 29.2 Å². The van der Waals surface area contributed by atoms with Gasteiger partial charge in [0.1, 0.15) is 5.75 Å². The van der Waals surface area contributed by atoms with Crippen molar-refractivity contribution in [2.75, 3.05) is 25.1 Å². The number of benzene rings is 2. The van der Waals surface area contributed by atoms with Crippen LogP contribution in [0.15, 0.2) is 54.6 Å². The summed E-state index contributed by atoms with van der Waals surface area (Å²) in [7, 11) is 1.58. The Kier molecular flexibility index (Phi) is 5.44. The van der Waals surface area contributed by atoms with E-state index in [1.807, 2.05) is 12.1 Å². The fraction of sp³-hybridized carbons (Fsp3) is 0.391. The highest BCUT2D eigenvalue weighted by Crippen LogP contribution is 2.31. The fourth-order valence-electron chi connectivity index (χ4n) is 4.34. The number of hydrogen-bond donors (Lipinski definition) is 0. The molecule has 0 unspecified atom stereocenters. The lowest BCUT2D eigenvalue weighted by Crippen LogP contribution is -2.46. The summed E-state index contributed by atoms with van der Waals surface area (Å²) in [4.78, 5) is 29.1. The van der Waals surface area contributed by atoms with Gasteiger partial charge < -0.3 is 4.74 Å². The van der Waals surface area contributed by atoms with Gasteiger partial charge in [-0.25, -0.2) is 4.90 Å². The van der Waals surface area contributed by atoms with E-state index >= 15 is 0 Å². The van der Waals surface area contributed by atoms with Crippen LogP contribution in [0.1, 0.15) is 24.8 Å². The lowest BCUT2D eigenvalue weighted by atomic mass is 9.89. The molecule has 0 aliphatic carbocycles. The van der Waals surface area contributed by atoms with Gasteiger partial charge in [-0.15, -0.1) is 0 Å². The van der Waals surface area contributed by atoms with Crippen molar-refractivity contribution in [3.05, 3.63) is 60.2 Å². The van der Waals surface area contributed by atoms with E-state index in [4.69, 9.17) is 4.74 Å². The Labute approximate surface area is 165 Å². The van der Waals surface area contributed by atoms with E-state index < -0.39 is 0 Å². The lowest BCUT2D eigenvalue weighted by molar-refractivity contribution is -0.123. The van der Waals surface area contributed by atoms with Gasteiger partial charge in [0.25, 0.3) is 5.91 Å². The maximum absolute atomic E-state index is 13.0. The third kappa shape index (κ3) is 3.80.